The van der Waals surface area contributed by atoms with Crippen molar-refractivity contribution in [1.82, 2.24) is 4.90 Å². The van der Waals surface area contributed by atoms with Crippen LogP contribution in [-0.4, -0.2) is 118 Å². The van der Waals surface area contributed by atoms with E-state index in [-0.39, 0.29) is 66.8 Å². The number of allylic oxidation sites excluding steroid dienone is 5. The highest BCUT2D eigenvalue weighted by molar-refractivity contribution is 6.99. The predicted octanol–water partition coefficient (Wildman–Crippen LogP) is 9.03. The van der Waals surface area contributed by atoms with E-state index in [4.69, 9.17) is 28.1 Å². The molecule has 2 aromatic rings. The molecule has 0 aromatic heterocycles. The van der Waals surface area contributed by atoms with E-state index in [0.717, 1.165) is 24.0 Å². The summed E-state index contributed by atoms with van der Waals surface area (Å²) < 4.78 is 38.6. The molecule has 1 N–H and O–H groups in total. The Hall–Kier alpha value is -4.34. The summed E-state index contributed by atoms with van der Waals surface area (Å²) in [6.45, 7) is 20.5. The van der Waals surface area contributed by atoms with E-state index in [2.05, 4.69) is 88.9 Å². The number of ketones is 2. The molecule has 2 saturated heterocycles. The van der Waals surface area contributed by atoms with Gasteiger partial charge in [-0.05, 0) is 111 Å². The monoisotopic (exact) mass is 1020 g/mol. The lowest BCUT2D eigenvalue weighted by molar-refractivity contribution is -0.290. The van der Waals surface area contributed by atoms with Gasteiger partial charge in [-0.15, -0.1) is 6.58 Å². The molecule has 13 heteroatoms. The van der Waals surface area contributed by atoms with E-state index < -0.39 is 73.9 Å². The number of esters is 1. The first-order valence-corrected chi connectivity index (χ1v) is 28.6. The van der Waals surface area contributed by atoms with Gasteiger partial charge in [0.15, 0.2) is 5.78 Å². The van der Waals surface area contributed by atoms with Crippen LogP contribution in [0.15, 0.2) is 109 Å². The van der Waals surface area contributed by atoms with Crippen LogP contribution < -0.4 is 10.4 Å². The van der Waals surface area contributed by atoms with E-state index in [1.165, 1.54) is 15.3 Å². The van der Waals surface area contributed by atoms with Crippen molar-refractivity contribution < 1.29 is 52.4 Å². The number of carbonyl (C=O) groups excluding carboxylic acids is 4. The Labute approximate surface area is 437 Å². The third-order valence-electron chi connectivity index (χ3n) is 16.2. The Morgan fingerprint density at radius 1 is 0.849 bits per heavy atom. The van der Waals surface area contributed by atoms with Crippen molar-refractivity contribution in [3.8, 4) is 0 Å². The normalized spacial score (nSPS) is 34.2. The minimum atomic E-state index is -2.89. The maximum Gasteiger partial charge on any atom is 0.329 e. The van der Waals surface area contributed by atoms with Gasteiger partial charge in [-0.3, -0.25) is 14.4 Å². The largest absolute Gasteiger partial charge is 0.456 e. The fraction of sp³-hybridized carbons (Fsp3) is 0.600. The molecule has 12 nitrogen and oxygen atoms in total. The number of hydrogen-bond acceptors (Lipinski definition) is 11. The van der Waals surface area contributed by atoms with E-state index in [1.807, 2.05) is 45.1 Å². The first-order chi connectivity index (χ1) is 34.7. The molecule has 400 valence electrons. The van der Waals surface area contributed by atoms with Gasteiger partial charge in [-0.2, -0.15) is 0 Å². The van der Waals surface area contributed by atoms with Gasteiger partial charge in [0.1, 0.15) is 12.1 Å². The number of fused-ring (bicyclic) bond motifs is 3. The van der Waals surface area contributed by atoms with Gasteiger partial charge in [-0.25, -0.2) is 4.79 Å². The maximum atomic E-state index is 14.7. The standard InChI is InChI=1S/C60H85NO11Si/c1-13-22-45-34-39(2)33-41(4)51(67-10)38-54-52(68-11)36-43(6)60(66,71-54)56(63)57(64)61-32-21-20-27-48(61)58(65)70-55(40(3)28-30-49(45)62)42(5)35-44-29-31-50(53(37-44)69-12)72-73(59(7,8)9,46-23-16-14-17-24-46)47-25-18-15-19-26-47/h13-19,23-26,28,30,34-35,40-41,43-45,48,50-55,66H,1,20-22,27,29,31-33,36-38H2,2-12H3/b30-28+,39-34+,42-35?. The van der Waals surface area contributed by atoms with Crippen LogP contribution in [0.2, 0.25) is 5.04 Å². The summed E-state index contributed by atoms with van der Waals surface area (Å²) in [5.74, 6) is -7.11. The first kappa shape index (κ1) is 57.9. The fourth-order valence-electron chi connectivity index (χ4n) is 12.1. The third kappa shape index (κ3) is 13.2. The van der Waals surface area contributed by atoms with Gasteiger partial charge < -0.3 is 38.1 Å². The maximum absolute atomic E-state index is 14.7. The Kier molecular flexibility index (Phi) is 20.2. The molecule has 3 heterocycles. The topological polar surface area (TPSA) is 147 Å². The number of hydrogen-bond donors (Lipinski definition) is 1. The van der Waals surface area contributed by atoms with Crippen LogP contribution in [0.4, 0.5) is 0 Å². The van der Waals surface area contributed by atoms with Crippen molar-refractivity contribution in [2.45, 2.75) is 173 Å². The second-order valence-corrected chi connectivity index (χ2v) is 26.7. The smallest absolute Gasteiger partial charge is 0.329 e. The molecule has 3 fully saturated rings. The molecule has 13 atom stereocenters. The molecule has 1 saturated carbocycles. The highest BCUT2D eigenvalue weighted by Gasteiger charge is 2.56. The lowest BCUT2D eigenvalue weighted by Crippen LogP contribution is -2.68. The van der Waals surface area contributed by atoms with Crippen LogP contribution in [-0.2, 0) is 47.3 Å². The van der Waals surface area contributed by atoms with Gasteiger partial charge in [-0.1, -0.05) is 132 Å². The van der Waals surface area contributed by atoms with E-state index in [9.17, 15) is 24.3 Å². The van der Waals surface area contributed by atoms with Gasteiger partial charge in [0, 0.05) is 52.0 Å². The number of nitrogens with zero attached hydrogens (tertiary/aromatic N) is 1. The van der Waals surface area contributed by atoms with Crippen LogP contribution in [0.3, 0.4) is 0 Å². The van der Waals surface area contributed by atoms with E-state index in [1.54, 1.807) is 40.4 Å². The highest BCUT2D eigenvalue weighted by atomic mass is 28.4. The molecule has 1 aliphatic carbocycles. The van der Waals surface area contributed by atoms with Gasteiger partial charge in [0.2, 0.25) is 5.79 Å². The van der Waals surface area contributed by atoms with Crippen LogP contribution >= 0.6 is 0 Å². The van der Waals surface area contributed by atoms with Crippen molar-refractivity contribution in [3.05, 3.63) is 109 Å². The minimum absolute atomic E-state index is 0.0425. The summed E-state index contributed by atoms with van der Waals surface area (Å²) in [5, 5.41) is 14.4. The molecule has 1 amide bonds. The summed E-state index contributed by atoms with van der Waals surface area (Å²) in [7, 11) is 2.03. The zero-order valence-electron chi connectivity index (χ0n) is 45.6. The lowest BCUT2D eigenvalue weighted by Gasteiger charge is -2.47. The zero-order valence-corrected chi connectivity index (χ0v) is 46.6. The summed E-state index contributed by atoms with van der Waals surface area (Å²) in [5.41, 5.74) is 1.79. The van der Waals surface area contributed by atoms with Crippen molar-refractivity contribution >= 4 is 42.1 Å². The van der Waals surface area contributed by atoms with Crippen LogP contribution in [0.1, 0.15) is 120 Å². The number of benzene rings is 2. The Morgan fingerprint density at radius 2 is 1.48 bits per heavy atom. The molecular weight excluding hydrogens is 939 g/mol. The van der Waals surface area contributed by atoms with Crippen LogP contribution in [0, 0.1) is 29.6 Å². The molecule has 4 aliphatic rings. The van der Waals surface area contributed by atoms with Gasteiger partial charge >= 0.3 is 5.97 Å². The number of amides is 1. The Bertz CT molecular complexity index is 2250. The van der Waals surface area contributed by atoms with Crippen molar-refractivity contribution in [3.63, 3.8) is 0 Å². The second-order valence-electron chi connectivity index (χ2n) is 22.5. The second kappa shape index (κ2) is 25.5. The number of piperidine rings is 1. The summed E-state index contributed by atoms with van der Waals surface area (Å²) in [6.07, 6.45) is 11.6. The van der Waals surface area contributed by atoms with Crippen LogP contribution in [0.25, 0.3) is 0 Å². The fourth-order valence-corrected chi connectivity index (χ4v) is 16.9. The van der Waals surface area contributed by atoms with E-state index in [0.29, 0.717) is 32.1 Å². The molecule has 6 rings (SSSR count). The van der Waals surface area contributed by atoms with Gasteiger partial charge in [0.25, 0.3) is 20.0 Å². The van der Waals surface area contributed by atoms with Gasteiger partial charge in [0.05, 0.1) is 30.5 Å². The quantitative estimate of drug-likeness (QED) is 0.0996. The van der Waals surface area contributed by atoms with Crippen LogP contribution in [0.5, 0.6) is 0 Å². The molecule has 2 bridgehead atoms. The highest BCUT2D eigenvalue weighted by Crippen LogP contribution is 2.42. The average Bonchev–Trinajstić information content (AvgIpc) is 3.38. The number of rotatable bonds is 11. The van der Waals surface area contributed by atoms with E-state index >= 15 is 0 Å². The average molecular weight is 1020 g/mol. The molecule has 0 radical (unpaired) electrons. The first-order valence-electron chi connectivity index (χ1n) is 26.7. The van der Waals surface area contributed by atoms with Crippen molar-refractivity contribution in [2.24, 2.45) is 29.6 Å². The number of cyclic esters (lactones) is 1. The zero-order chi connectivity index (χ0) is 53.3. The Balaban J connectivity index is 1.35. The Morgan fingerprint density at radius 3 is 2.07 bits per heavy atom. The number of Topliss-reactive ketones (excluding diaryl/α,β-unsaturated/α-hetero) is 1. The summed E-state index contributed by atoms with van der Waals surface area (Å²) in [4.78, 5) is 59.0. The molecular formula is C60H85NO11Si. The molecule has 73 heavy (non-hydrogen) atoms. The van der Waals surface area contributed by atoms with Crippen molar-refractivity contribution in [1.29, 1.82) is 0 Å². The molecule has 3 aliphatic heterocycles. The minimum Gasteiger partial charge on any atom is -0.456 e. The third-order valence-corrected chi connectivity index (χ3v) is 21.3. The number of methoxy groups -OCH3 is 3. The summed E-state index contributed by atoms with van der Waals surface area (Å²) in [6, 6.07) is 20.2. The number of carbonyl (C=O) groups is 4. The molecule has 0 spiro atoms. The molecule has 13 unspecified atom stereocenters. The van der Waals surface area contributed by atoms with Crippen molar-refractivity contribution in [2.75, 3.05) is 27.9 Å². The summed E-state index contributed by atoms with van der Waals surface area (Å²) >= 11 is 0. The molecule has 2 aromatic carbocycles. The lowest BCUT2D eigenvalue weighted by atomic mass is 9.82. The predicted molar refractivity (Wildman–Crippen MR) is 288 cm³/mol. The number of aliphatic hydroxyl groups is 1. The SMILES string of the molecule is C=CCC1/C=C(\C)CC(C)C(OC)CC2OC(O)(C(=O)C(=O)N3CCCCC3C(=O)OC(C(C)=CC3CCC(O[Si](c4ccccc4)(c4ccccc4)C(C)(C)C)C(OC)C3)C(C)/C=C/C1=O)C(C)CC2OC. The number of ether oxygens (including phenoxy) is 5.